The summed E-state index contributed by atoms with van der Waals surface area (Å²) in [5.41, 5.74) is 2.12. The number of nitrogens with one attached hydrogen (secondary N) is 1. The molecule has 3 nitrogen and oxygen atoms in total. The summed E-state index contributed by atoms with van der Waals surface area (Å²) in [7, 11) is 0. The van der Waals surface area contributed by atoms with Gasteiger partial charge in [0.15, 0.2) is 0 Å². The van der Waals surface area contributed by atoms with E-state index in [2.05, 4.69) is 5.48 Å². The average molecular weight is 173 g/mol. The molecule has 1 atom stereocenters. The first-order valence-corrected chi connectivity index (χ1v) is 4.34. The first kappa shape index (κ1) is 11.4. The zero-order valence-electron chi connectivity index (χ0n) is 8.60. The van der Waals surface area contributed by atoms with Crippen molar-refractivity contribution in [2.75, 3.05) is 0 Å². The van der Waals surface area contributed by atoms with E-state index in [-0.39, 0.29) is 17.4 Å². The number of carbonyl (C=O) groups excluding carboxylic acids is 1. The smallest absolute Gasteiger partial charge is 0.246 e. The molecular formula is C9H19NO2. The lowest BCUT2D eigenvalue weighted by Crippen LogP contribution is -2.36. The van der Waals surface area contributed by atoms with E-state index in [1.165, 1.54) is 0 Å². The van der Waals surface area contributed by atoms with Crippen LogP contribution in [0.15, 0.2) is 0 Å². The Morgan fingerprint density at radius 1 is 1.50 bits per heavy atom. The van der Waals surface area contributed by atoms with E-state index in [4.69, 9.17) is 4.84 Å². The van der Waals surface area contributed by atoms with Crippen molar-refractivity contribution >= 4 is 5.91 Å². The van der Waals surface area contributed by atoms with Crippen LogP contribution in [-0.4, -0.2) is 11.5 Å². The number of hydrogen-bond acceptors (Lipinski definition) is 2. The highest BCUT2D eigenvalue weighted by Crippen LogP contribution is 2.05. The SMILES string of the molecule is CCC(C)C(=O)NOC(C)(C)C. The molecule has 0 spiro atoms. The molecule has 0 aromatic carbocycles. The van der Waals surface area contributed by atoms with Crippen molar-refractivity contribution in [2.45, 2.75) is 46.6 Å². The van der Waals surface area contributed by atoms with Crippen molar-refractivity contribution in [2.24, 2.45) is 5.92 Å². The van der Waals surface area contributed by atoms with Crippen LogP contribution in [0.4, 0.5) is 0 Å². The van der Waals surface area contributed by atoms with Gasteiger partial charge in [-0.3, -0.25) is 9.63 Å². The minimum absolute atomic E-state index is 0.0207. The van der Waals surface area contributed by atoms with Crippen LogP contribution in [0.1, 0.15) is 41.0 Å². The van der Waals surface area contributed by atoms with Crippen molar-refractivity contribution in [3.8, 4) is 0 Å². The lowest BCUT2D eigenvalue weighted by atomic mass is 10.1. The van der Waals surface area contributed by atoms with Crippen LogP contribution >= 0.6 is 0 Å². The maximum Gasteiger partial charge on any atom is 0.246 e. The normalized spacial score (nSPS) is 14.1. The molecule has 0 bridgehead atoms. The molecule has 1 amide bonds. The van der Waals surface area contributed by atoms with E-state index in [0.29, 0.717) is 0 Å². The molecule has 12 heavy (non-hydrogen) atoms. The molecular weight excluding hydrogens is 154 g/mol. The average Bonchev–Trinajstić information content (AvgIpc) is 1.97. The third-order valence-electron chi connectivity index (χ3n) is 1.52. The van der Waals surface area contributed by atoms with Gasteiger partial charge in [-0.15, -0.1) is 0 Å². The van der Waals surface area contributed by atoms with E-state index < -0.39 is 0 Å². The van der Waals surface area contributed by atoms with Gasteiger partial charge < -0.3 is 0 Å². The van der Waals surface area contributed by atoms with Crippen LogP contribution in [0.5, 0.6) is 0 Å². The van der Waals surface area contributed by atoms with Crippen LogP contribution in [-0.2, 0) is 9.63 Å². The largest absolute Gasteiger partial charge is 0.273 e. The van der Waals surface area contributed by atoms with Crippen LogP contribution < -0.4 is 5.48 Å². The summed E-state index contributed by atoms with van der Waals surface area (Å²) in [5, 5.41) is 0. The molecule has 1 N–H and O–H groups in total. The summed E-state index contributed by atoms with van der Waals surface area (Å²) < 4.78 is 0. The fraction of sp³-hybridized carbons (Fsp3) is 0.889. The monoisotopic (exact) mass is 173 g/mol. The Kier molecular flexibility index (Phi) is 4.24. The van der Waals surface area contributed by atoms with Crippen molar-refractivity contribution in [3.63, 3.8) is 0 Å². The number of hydroxylamine groups is 1. The third-order valence-corrected chi connectivity index (χ3v) is 1.52. The van der Waals surface area contributed by atoms with Crippen LogP contribution in [0.3, 0.4) is 0 Å². The topological polar surface area (TPSA) is 38.3 Å². The minimum Gasteiger partial charge on any atom is -0.273 e. The minimum atomic E-state index is -0.316. The Balaban J connectivity index is 3.72. The summed E-state index contributed by atoms with van der Waals surface area (Å²) in [6.45, 7) is 9.53. The first-order valence-electron chi connectivity index (χ1n) is 4.34. The molecule has 0 aromatic rings. The van der Waals surface area contributed by atoms with Crippen LogP contribution in [0.25, 0.3) is 0 Å². The van der Waals surface area contributed by atoms with Gasteiger partial charge in [0.2, 0.25) is 5.91 Å². The predicted octanol–water partition coefficient (Wildman–Crippen LogP) is 1.88. The predicted molar refractivity (Wildman–Crippen MR) is 48.4 cm³/mol. The summed E-state index contributed by atoms with van der Waals surface area (Å²) in [6, 6.07) is 0. The molecule has 0 radical (unpaired) electrons. The molecule has 0 saturated carbocycles. The summed E-state index contributed by atoms with van der Waals surface area (Å²) in [5.74, 6) is -0.0280. The zero-order chi connectivity index (χ0) is 9.78. The molecule has 0 aliphatic heterocycles. The second-order valence-electron chi connectivity index (χ2n) is 3.99. The molecule has 0 rings (SSSR count). The lowest BCUT2D eigenvalue weighted by molar-refractivity contribution is -0.149. The molecule has 3 heteroatoms. The number of amides is 1. The number of hydrogen-bond donors (Lipinski definition) is 1. The number of carbonyl (C=O) groups is 1. The van der Waals surface area contributed by atoms with Gasteiger partial charge >= 0.3 is 0 Å². The van der Waals surface area contributed by atoms with Crippen molar-refractivity contribution in [1.82, 2.24) is 5.48 Å². The molecule has 0 heterocycles. The Bertz CT molecular complexity index is 149. The van der Waals surface area contributed by atoms with Gasteiger partial charge in [-0.1, -0.05) is 13.8 Å². The maximum absolute atomic E-state index is 11.2. The molecule has 0 aliphatic rings. The Morgan fingerprint density at radius 3 is 2.33 bits per heavy atom. The summed E-state index contributed by atoms with van der Waals surface area (Å²) in [4.78, 5) is 16.3. The highest BCUT2D eigenvalue weighted by molar-refractivity contribution is 5.77. The highest BCUT2D eigenvalue weighted by atomic mass is 16.7. The van der Waals surface area contributed by atoms with Gasteiger partial charge in [0, 0.05) is 5.92 Å². The second kappa shape index (κ2) is 4.45. The molecule has 1 unspecified atom stereocenters. The van der Waals surface area contributed by atoms with E-state index in [1.807, 2.05) is 34.6 Å². The first-order chi connectivity index (χ1) is 5.37. The number of rotatable bonds is 3. The molecule has 72 valence electrons. The highest BCUT2D eigenvalue weighted by Gasteiger charge is 2.15. The van der Waals surface area contributed by atoms with Crippen LogP contribution in [0, 0.1) is 5.92 Å². The molecule has 0 saturated heterocycles. The van der Waals surface area contributed by atoms with E-state index in [0.717, 1.165) is 6.42 Å². The van der Waals surface area contributed by atoms with Gasteiger partial charge in [-0.25, -0.2) is 5.48 Å². The van der Waals surface area contributed by atoms with Gasteiger partial charge in [0.05, 0.1) is 5.60 Å². The quantitative estimate of drug-likeness (QED) is 0.662. The van der Waals surface area contributed by atoms with Crippen molar-refractivity contribution in [3.05, 3.63) is 0 Å². The van der Waals surface area contributed by atoms with Gasteiger partial charge in [-0.2, -0.15) is 0 Å². The molecule has 0 aliphatic carbocycles. The summed E-state index contributed by atoms with van der Waals surface area (Å²) >= 11 is 0. The van der Waals surface area contributed by atoms with Crippen LogP contribution in [0.2, 0.25) is 0 Å². The molecule has 0 aromatic heterocycles. The van der Waals surface area contributed by atoms with E-state index >= 15 is 0 Å². The second-order valence-corrected chi connectivity index (χ2v) is 3.99. The maximum atomic E-state index is 11.2. The zero-order valence-corrected chi connectivity index (χ0v) is 8.60. The summed E-state index contributed by atoms with van der Waals surface area (Å²) in [6.07, 6.45) is 0.833. The molecule has 0 fully saturated rings. The Labute approximate surface area is 74.4 Å². The fourth-order valence-corrected chi connectivity index (χ4v) is 0.489. The van der Waals surface area contributed by atoms with Gasteiger partial charge in [-0.05, 0) is 27.2 Å². The fourth-order valence-electron chi connectivity index (χ4n) is 0.489. The standard InChI is InChI=1S/C9H19NO2/c1-6-7(2)8(11)10-12-9(3,4)5/h7H,6H2,1-5H3,(H,10,11). The van der Waals surface area contributed by atoms with Gasteiger partial charge in [0.25, 0.3) is 0 Å². The van der Waals surface area contributed by atoms with E-state index in [9.17, 15) is 4.79 Å². The van der Waals surface area contributed by atoms with E-state index in [1.54, 1.807) is 0 Å². The Morgan fingerprint density at radius 2 is 2.00 bits per heavy atom. The Hall–Kier alpha value is -0.570. The lowest BCUT2D eigenvalue weighted by Gasteiger charge is -2.20. The third kappa shape index (κ3) is 5.13. The van der Waals surface area contributed by atoms with Gasteiger partial charge in [0.1, 0.15) is 0 Å². The van der Waals surface area contributed by atoms with Crippen molar-refractivity contribution < 1.29 is 9.63 Å². The van der Waals surface area contributed by atoms with Crippen molar-refractivity contribution in [1.29, 1.82) is 0 Å².